The molecule has 0 saturated carbocycles. The van der Waals surface area contributed by atoms with Crippen molar-refractivity contribution in [2.24, 2.45) is 0 Å². The lowest BCUT2D eigenvalue weighted by atomic mass is 10.2. The van der Waals surface area contributed by atoms with Gasteiger partial charge in [0.25, 0.3) is 5.91 Å². The van der Waals surface area contributed by atoms with Crippen LogP contribution in [0.2, 0.25) is 0 Å². The van der Waals surface area contributed by atoms with Gasteiger partial charge < -0.3 is 14.2 Å². The molecule has 1 heterocycles. The molecule has 176 valence electrons. The zero-order valence-electron chi connectivity index (χ0n) is 18.4. The van der Waals surface area contributed by atoms with Gasteiger partial charge in [-0.15, -0.1) is 0 Å². The number of nitrogens with zero attached hydrogens (tertiary/aromatic N) is 1. The van der Waals surface area contributed by atoms with Gasteiger partial charge in [-0.1, -0.05) is 6.58 Å². The molecule has 0 spiro atoms. The van der Waals surface area contributed by atoms with Crippen molar-refractivity contribution >= 4 is 29.7 Å². The third kappa shape index (κ3) is 6.38. The van der Waals surface area contributed by atoms with Gasteiger partial charge in [-0.3, -0.25) is 14.4 Å². The average Bonchev–Trinajstić information content (AvgIpc) is 3.19. The summed E-state index contributed by atoms with van der Waals surface area (Å²) < 4.78 is 15.8. The Bertz CT molecular complexity index is 1070. The number of hydrogen-bond acceptors (Lipinski definition) is 8. The fourth-order valence-corrected chi connectivity index (χ4v) is 3.08. The van der Waals surface area contributed by atoms with Crippen LogP contribution in [0.5, 0.6) is 11.5 Å². The van der Waals surface area contributed by atoms with E-state index in [1.807, 2.05) is 0 Å². The second-order valence-corrected chi connectivity index (χ2v) is 7.29. The molecule has 2 aromatic carbocycles. The van der Waals surface area contributed by atoms with Crippen LogP contribution < -0.4 is 9.47 Å². The molecular formula is C25H23NO8. The molecule has 0 aromatic heterocycles. The number of rotatable bonds is 10. The quantitative estimate of drug-likeness (QED) is 0.173. The number of imide groups is 3. The molecule has 1 aliphatic rings. The molecule has 1 fully saturated rings. The van der Waals surface area contributed by atoms with Crippen LogP contribution in [0.15, 0.2) is 61.2 Å². The summed E-state index contributed by atoms with van der Waals surface area (Å²) in [5, 5.41) is 0. The largest absolute Gasteiger partial charge is 0.494 e. The first-order valence-electron chi connectivity index (χ1n) is 10.6. The highest BCUT2D eigenvalue weighted by atomic mass is 16.5. The standard InChI is InChI=1S/C25H23NO8/c1-2-23(29)33-16-4-3-15-32-19-9-7-18(8-10-19)25(31)34-20-11-5-17(6-12-20)24(30)26-21(27)13-14-22(26)28/h2,5-12H,1,3-4,13-16H2. The molecule has 3 amide bonds. The van der Waals surface area contributed by atoms with E-state index in [2.05, 4.69) is 6.58 Å². The van der Waals surface area contributed by atoms with Crippen molar-refractivity contribution in [3.05, 3.63) is 72.3 Å². The smallest absolute Gasteiger partial charge is 0.343 e. The minimum atomic E-state index is -0.696. The zero-order valence-corrected chi connectivity index (χ0v) is 18.4. The number of hydrogen-bond donors (Lipinski definition) is 0. The first-order chi connectivity index (χ1) is 16.4. The van der Waals surface area contributed by atoms with Gasteiger partial charge in [0, 0.05) is 24.5 Å². The van der Waals surface area contributed by atoms with Crippen molar-refractivity contribution in [1.82, 2.24) is 4.90 Å². The number of amides is 3. The van der Waals surface area contributed by atoms with Crippen LogP contribution >= 0.6 is 0 Å². The summed E-state index contributed by atoms with van der Waals surface area (Å²) in [7, 11) is 0. The van der Waals surface area contributed by atoms with Gasteiger partial charge in [-0.2, -0.15) is 0 Å². The van der Waals surface area contributed by atoms with Crippen LogP contribution in [0.4, 0.5) is 0 Å². The van der Waals surface area contributed by atoms with E-state index in [1.54, 1.807) is 24.3 Å². The lowest BCUT2D eigenvalue weighted by Gasteiger charge is -2.12. The molecule has 1 saturated heterocycles. The summed E-state index contributed by atoms with van der Waals surface area (Å²) in [6.07, 6.45) is 2.50. The Kier molecular flexibility index (Phi) is 8.28. The molecule has 0 bridgehead atoms. The highest BCUT2D eigenvalue weighted by Gasteiger charge is 2.34. The van der Waals surface area contributed by atoms with Crippen LogP contribution in [0.25, 0.3) is 0 Å². The Balaban J connectivity index is 1.46. The molecule has 2 aromatic rings. The van der Waals surface area contributed by atoms with E-state index < -0.39 is 29.7 Å². The fourth-order valence-electron chi connectivity index (χ4n) is 3.08. The zero-order chi connectivity index (χ0) is 24.5. The number of esters is 2. The minimum Gasteiger partial charge on any atom is -0.494 e. The number of carbonyl (C=O) groups excluding carboxylic acids is 5. The van der Waals surface area contributed by atoms with E-state index in [4.69, 9.17) is 14.2 Å². The maximum atomic E-state index is 12.4. The normalized spacial score (nSPS) is 12.9. The van der Waals surface area contributed by atoms with Gasteiger partial charge >= 0.3 is 11.9 Å². The number of ether oxygens (including phenoxy) is 3. The highest BCUT2D eigenvalue weighted by molar-refractivity contribution is 6.19. The highest BCUT2D eigenvalue weighted by Crippen LogP contribution is 2.20. The Hall–Kier alpha value is -4.27. The first kappa shape index (κ1) is 24.4. The van der Waals surface area contributed by atoms with Crippen LogP contribution in [0.1, 0.15) is 46.4 Å². The summed E-state index contributed by atoms with van der Waals surface area (Å²) in [5.74, 6) is -2.01. The monoisotopic (exact) mass is 465 g/mol. The summed E-state index contributed by atoms with van der Waals surface area (Å²) in [4.78, 5) is 59.7. The maximum Gasteiger partial charge on any atom is 0.343 e. The topological polar surface area (TPSA) is 116 Å². The van der Waals surface area contributed by atoms with Gasteiger partial charge in [0.05, 0.1) is 18.8 Å². The molecule has 3 rings (SSSR count). The van der Waals surface area contributed by atoms with Crippen molar-refractivity contribution in [3.8, 4) is 11.5 Å². The van der Waals surface area contributed by atoms with E-state index in [0.29, 0.717) is 42.3 Å². The molecule has 0 radical (unpaired) electrons. The van der Waals surface area contributed by atoms with Crippen molar-refractivity contribution in [1.29, 1.82) is 0 Å². The Morgan fingerprint density at radius 3 is 2.00 bits per heavy atom. The van der Waals surface area contributed by atoms with Crippen molar-refractivity contribution in [2.75, 3.05) is 13.2 Å². The van der Waals surface area contributed by atoms with E-state index in [-0.39, 0.29) is 24.2 Å². The molecule has 0 unspecified atom stereocenters. The molecule has 0 N–H and O–H groups in total. The molecule has 9 nitrogen and oxygen atoms in total. The van der Waals surface area contributed by atoms with Crippen LogP contribution in [-0.2, 0) is 19.1 Å². The predicted molar refractivity (Wildman–Crippen MR) is 119 cm³/mol. The fraction of sp³-hybridized carbons (Fsp3) is 0.240. The van der Waals surface area contributed by atoms with Gasteiger partial charge in [0.2, 0.25) is 11.8 Å². The Morgan fingerprint density at radius 1 is 0.824 bits per heavy atom. The third-order valence-corrected chi connectivity index (χ3v) is 4.87. The van der Waals surface area contributed by atoms with E-state index in [1.165, 1.54) is 24.3 Å². The minimum absolute atomic E-state index is 0.0251. The molecule has 9 heteroatoms. The van der Waals surface area contributed by atoms with Gasteiger partial charge in [-0.25, -0.2) is 14.5 Å². The summed E-state index contributed by atoms with van der Waals surface area (Å²) in [6, 6.07) is 12.0. The van der Waals surface area contributed by atoms with Crippen LogP contribution in [0.3, 0.4) is 0 Å². The second-order valence-electron chi connectivity index (χ2n) is 7.29. The Labute approximate surface area is 195 Å². The lowest BCUT2D eigenvalue weighted by molar-refractivity contribution is -0.138. The number of carbonyl (C=O) groups is 5. The number of likely N-dealkylation sites (tertiary alicyclic amines) is 1. The Morgan fingerprint density at radius 2 is 1.38 bits per heavy atom. The number of unbranched alkanes of at least 4 members (excludes halogenated alkanes) is 1. The van der Waals surface area contributed by atoms with E-state index in [9.17, 15) is 24.0 Å². The molecular weight excluding hydrogens is 442 g/mol. The van der Waals surface area contributed by atoms with Gasteiger partial charge in [0.1, 0.15) is 11.5 Å². The van der Waals surface area contributed by atoms with Crippen LogP contribution in [0, 0.1) is 0 Å². The second kappa shape index (κ2) is 11.6. The summed E-state index contributed by atoms with van der Waals surface area (Å²) >= 11 is 0. The van der Waals surface area contributed by atoms with Crippen molar-refractivity contribution < 1.29 is 38.2 Å². The molecule has 0 aliphatic carbocycles. The molecule has 1 aliphatic heterocycles. The maximum absolute atomic E-state index is 12.4. The average molecular weight is 465 g/mol. The third-order valence-electron chi connectivity index (χ3n) is 4.87. The van der Waals surface area contributed by atoms with E-state index >= 15 is 0 Å². The summed E-state index contributed by atoms with van der Waals surface area (Å²) in [6.45, 7) is 4.04. The lowest BCUT2D eigenvalue weighted by Crippen LogP contribution is -2.35. The predicted octanol–water partition coefficient (Wildman–Crippen LogP) is 3.08. The number of benzene rings is 2. The SMILES string of the molecule is C=CC(=O)OCCCCOc1ccc(C(=O)Oc2ccc(C(=O)N3C(=O)CCC3=O)cc2)cc1. The first-order valence-corrected chi connectivity index (χ1v) is 10.6. The van der Waals surface area contributed by atoms with Crippen LogP contribution in [-0.4, -0.2) is 47.8 Å². The van der Waals surface area contributed by atoms with E-state index in [0.717, 1.165) is 6.08 Å². The van der Waals surface area contributed by atoms with Gasteiger partial charge in [-0.05, 0) is 61.4 Å². The van der Waals surface area contributed by atoms with Gasteiger partial charge in [0.15, 0.2) is 0 Å². The molecule has 0 atom stereocenters. The van der Waals surface area contributed by atoms with Crippen molar-refractivity contribution in [3.63, 3.8) is 0 Å². The molecule has 34 heavy (non-hydrogen) atoms. The summed E-state index contributed by atoms with van der Waals surface area (Å²) in [5.41, 5.74) is 0.445. The van der Waals surface area contributed by atoms with Crippen molar-refractivity contribution in [2.45, 2.75) is 25.7 Å².